The third kappa shape index (κ3) is 6.52. The van der Waals surface area contributed by atoms with Crippen molar-refractivity contribution in [3.05, 3.63) is 64.1 Å². The number of hydrazine groups is 1. The van der Waals surface area contributed by atoms with E-state index in [1.807, 2.05) is 48.5 Å². The number of aryl methyl sites for hydroxylation is 1. The van der Waals surface area contributed by atoms with E-state index in [9.17, 15) is 9.59 Å². The molecule has 2 N–H and O–H groups in total. The van der Waals surface area contributed by atoms with Crippen molar-refractivity contribution in [2.75, 3.05) is 6.61 Å². The number of hydrogen-bond donors (Lipinski definition) is 2. The lowest BCUT2D eigenvalue weighted by atomic mass is 10.0. The highest BCUT2D eigenvalue weighted by atomic mass is 79.9. The predicted molar refractivity (Wildman–Crippen MR) is 105 cm³/mol. The highest BCUT2D eigenvalue weighted by Gasteiger charge is 2.09. The van der Waals surface area contributed by atoms with Crippen LogP contribution in [0.1, 0.15) is 37.3 Å². The van der Waals surface area contributed by atoms with E-state index in [-0.39, 0.29) is 12.5 Å². The zero-order valence-electron chi connectivity index (χ0n) is 14.9. The Morgan fingerprint density at radius 2 is 1.73 bits per heavy atom. The minimum absolute atomic E-state index is 0.182. The van der Waals surface area contributed by atoms with Gasteiger partial charge in [-0.3, -0.25) is 20.4 Å². The van der Waals surface area contributed by atoms with Crippen LogP contribution in [0, 0.1) is 0 Å². The van der Waals surface area contributed by atoms with Crippen LogP contribution in [-0.4, -0.2) is 18.4 Å². The SMILES string of the molecule is CC(C)c1ccc(OCC(=O)NNC(=O)CCc2ccccc2)c(Br)c1. The van der Waals surface area contributed by atoms with E-state index >= 15 is 0 Å². The van der Waals surface area contributed by atoms with Crippen molar-refractivity contribution in [3.63, 3.8) is 0 Å². The van der Waals surface area contributed by atoms with E-state index in [1.54, 1.807) is 0 Å². The van der Waals surface area contributed by atoms with Gasteiger partial charge in [-0.05, 0) is 51.5 Å². The lowest BCUT2D eigenvalue weighted by molar-refractivity contribution is -0.130. The summed E-state index contributed by atoms with van der Waals surface area (Å²) in [6, 6.07) is 15.5. The van der Waals surface area contributed by atoms with Gasteiger partial charge in [-0.15, -0.1) is 0 Å². The molecule has 2 aromatic carbocycles. The number of amides is 2. The number of halogens is 1. The second kappa shape index (κ2) is 9.97. The second-order valence-corrected chi connectivity index (χ2v) is 7.07. The number of benzene rings is 2. The molecule has 26 heavy (non-hydrogen) atoms. The summed E-state index contributed by atoms with van der Waals surface area (Å²) in [5.74, 6) is 0.331. The fourth-order valence-electron chi connectivity index (χ4n) is 2.28. The topological polar surface area (TPSA) is 67.4 Å². The van der Waals surface area contributed by atoms with E-state index in [4.69, 9.17) is 4.74 Å². The smallest absolute Gasteiger partial charge is 0.276 e. The Labute approximate surface area is 162 Å². The average molecular weight is 419 g/mol. The van der Waals surface area contributed by atoms with Crippen LogP contribution in [-0.2, 0) is 16.0 Å². The van der Waals surface area contributed by atoms with E-state index in [2.05, 4.69) is 40.6 Å². The Morgan fingerprint density at radius 3 is 2.38 bits per heavy atom. The van der Waals surface area contributed by atoms with Crippen LogP contribution in [0.15, 0.2) is 53.0 Å². The fraction of sp³-hybridized carbons (Fsp3) is 0.300. The minimum atomic E-state index is -0.419. The Hall–Kier alpha value is -2.34. The molecule has 2 rings (SSSR count). The number of nitrogens with one attached hydrogen (secondary N) is 2. The Bertz CT molecular complexity index is 748. The lowest BCUT2D eigenvalue weighted by Gasteiger charge is -2.12. The number of carbonyl (C=O) groups is 2. The lowest BCUT2D eigenvalue weighted by Crippen LogP contribution is -2.43. The van der Waals surface area contributed by atoms with E-state index < -0.39 is 5.91 Å². The van der Waals surface area contributed by atoms with Crippen LogP contribution < -0.4 is 15.6 Å². The van der Waals surface area contributed by atoms with Crippen LogP contribution in [0.3, 0.4) is 0 Å². The van der Waals surface area contributed by atoms with Crippen molar-refractivity contribution in [1.29, 1.82) is 0 Å². The standard InChI is InChI=1S/C20H23BrN2O3/c1-14(2)16-9-10-18(17(21)12-16)26-13-20(25)23-22-19(24)11-8-15-6-4-3-5-7-15/h3-7,9-10,12,14H,8,11,13H2,1-2H3,(H,22,24)(H,23,25). The monoisotopic (exact) mass is 418 g/mol. The van der Waals surface area contributed by atoms with Gasteiger partial charge in [0.25, 0.3) is 5.91 Å². The molecule has 0 unspecified atom stereocenters. The Kier molecular flexibility index (Phi) is 7.66. The average Bonchev–Trinajstić information content (AvgIpc) is 2.64. The molecule has 0 atom stereocenters. The fourth-order valence-corrected chi connectivity index (χ4v) is 2.79. The van der Waals surface area contributed by atoms with Gasteiger partial charge < -0.3 is 4.74 Å². The summed E-state index contributed by atoms with van der Waals surface area (Å²) in [6.45, 7) is 4.03. The van der Waals surface area contributed by atoms with Crippen molar-refractivity contribution in [3.8, 4) is 5.75 Å². The first-order chi connectivity index (χ1) is 12.5. The van der Waals surface area contributed by atoms with Gasteiger partial charge in [0, 0.05) is 6.42 Å². The Balaban J connectivity index is 1.71. The molecule has 0 saturated carbocycles. The quantitative estimate of drug-likeness (QED) is 0.673. The van der Waals surface area contributed by atoms with Crippen molar-refractivity contribution in [2.45, 2.75) is 32.6 Å². The van der Waals surface area contributed by atoms with Crippen molar-refractivity contribution in [1.82, 2.24) is 10.9 Å². The number of carbonyl (C=O) groups excluding carboxylic acids is 2. The first kappa shape index (κ1) is 20.0. The van der Waals surface area contributed by atoms with Crippen LogP contribution in [0.5, 0.6) is 5.75 Å². The third-order valence-electron chi connectivity index (χ3n) is 3.81. The zero-order valence-corrected chi connectivity index (χ0v) is 16.5. The summed E-state index contributed by atoms with van der Waals surface area (Å²) in [6.07, 6.45) is 0.918. The molecule has 0 heterocycles. The van der Waals surface area contributed by atoms with Crippen LogP contribution in [0.4, 0.5) is 0 Å². The minimum Gasteiger partial charge on any atom is -0.483 e. The third-order valence-corrected chi connectivity index (χ3v) is 4.43. The second-order valence-electron chi connectivity index (χ2n) is 6.22. The largest absolute Gasteiger partial charge is 0.483 e. The molecular formula is C20H23BrN2O3. The molecule has 138 valence electrons. The molecule has 2 amide bonds. The summed E-state index contributed by atoms with van der Waals surface area (Å²) in [4.78, 5) is 23.6. The maximum atomic E-state index is 11.8. The molecule has 0 bridgehead atoms. The van der Waals surface area contributed by atoms with Gasteiger partial charge in [0.1, 0.15) is 5.75 Å². The molecule has 5 nitrogen and oxygen atoms in total. The first-order valence-electron chi connectivity index (χ1n) is 8.49. The molecule has 0 aliphatic carbocycles. The van der Waals surface area contributed by atoms with Gasteiger partial charge in [-0.25, -0.2) is 0 Å². The van der Waals surface area contributed by atoms with E-state index in [0.717, 1.165) is 10.0 Å². The molecule has 6 heteroatoms. The van der Waals surface area contributed by atoms with Crippen LogP contribution >= 0.6 is 15.9 Å². The zero-order chi connectivity index (χ0) is 18.9. The summed E-state index contributed by atoms with van der Waals surface area (Å²) in [7, 11) is 0. The molecule has 0 fully saturated rings. The van der Waals surface area contributed by atoms with Gasteiger partial charge in [0.2, 0.25) is 5.91 Å². The number of hydrogen-bond acceptors (Lipinski definition) is 3. The number of ether oxygens (including phenoxy) is 1. The Morgan fingerprint density at radius 1 is 1.04 bits per heavy atom. The molecule has 0 saturated heterocycles. The van der Waals surface area contributed by atoms with Crippen LogP contribution in [0.2, 0.25) is 0 Å². The molecular weight excluding hydrogens is 396 g/mol. The predicted octanol–water partition coefficient (Wildman–Crippen LogP) is 3.73. The van der Waals surface area contributed by atoms with Gasteiger partial charge in [-0.1, -0.05) is 50.2 Å². The molecule has 2 aromatic rings. The molecule has 0 aliphatic rings. The van der Waals surface area contributed by atoms with Gasteiger partial charge in [0.15, 0.2) is 6.61 Å². The number of rotatable bonds is 7. The molecule has 0 aliphatic heterocycles. The normalized spacial score (nSPS) is 10.5. The van der Waals surface area contributed by atoms with Gasteiger partial charge >= 0.3 is 0 Å². The summed E-state index contributed by atoms with van der Waals surface area (Å²) in [5, 5.41) is 0. The first-order valence-corrected chi connectivity index (χ1v) is 9.29. The van der Waals surface area contributed by atoms with Crippen LogP contribution in [0.25, 0.3) is 0 Å². The van der Waals surface area contributed by atoms with Crippen molar-refractivity contribution < 1.29 is 14.3 Å². The summed E-state index contributed by atoms with van der Waals surface area (Å²) in [5.41, 5.74) is 7.01. The van der Waals surface area contributed by atoms with Gasteiger partial charge in [0.05, 0.1) is 4.47 Å². The summed E-state index contributed by atoms with van der Waals surface area (Å²) >= 11 is 3.44. The molecule has 0 aromatic heterocycles. The highest BCUT2D eigenvalue weighted by Crippen LogP contribution is 2.28. The molecule has 0 radical (unpaired) electrons. The maximum Gasteiger partial charge on any atom is 0.276 e. The van der Waals surface area contributed by atoms with E-state index in [1.165, 1.54) is 5.56 Å². The van der Waals surface area contributed by atoms with Crippen molar-refractivity contribution in [2.24, 2.45) is 0 Å². The summed E-state index contributed by atoms with van der Waals surface area (Å²) < 4.78 is 6.28. The maximum absolute atomic E-state index is 11.8. The molecule has 0 spiro atoms. The highest BCUT2D eigenvalue weighted by molar-refractivity contribution is 9.10. The van der Waals surface area contributed by atoms with E-state index in [0.29, 0.717) is 24.5 Å². The van der Waals surface area contributed by atoms with Crippen molar-refractivity contribution >= 4 is 27.7 Å². The van der Waals surface area contributed by atoms with Gasteiger partial charge in [-0.2, -0.15) is 0 Å².